The predicted molar refractivity (Wildman–Crippen MR) is 118 cm³/mol. The van der Waals surface area contributed by atoms with E-state index < -0.39 is 10.0 Å². The number of aryl methyl sites for hydroxylation is 1. The molecule has 0 unspecified atom stereocenters. The van der Waals surface area contributed by atoms with Crippen LogP contribution in [0.1, 0.15) is 29.8 Å². The second kappa shape index (κ2) is 9.59. The van der Waals surface area contributed by atoms with E-state index in [4.69, 9.17) is 4.74 Å². The standard InChI is InChI=1S/C22H29N3O4S/c1-16(2)15-23-20-8-7-19(30(27,28)25-9-11-29-12-10-25)14-21(20)24-22(26)18-6-4-5-17(3)13-18/h4-8,13-14,16,23H,9-12,15H2,1-3H3,(H,24,26). The van der Waals surface area contributed by atoms with Crippen molar-refractivity contribution < 1.29 is 17.9 Å². The van der Waals surface area contributed by atoms with Gasteiger partial charge >= 0.3 is 0 Å². The number of carbonyl (C=O) groups is 1. The maximum Gasteiger partial charge on any atom is 0.255 e. The van der Waals surface area contributed by atoms with E-state index in [1.807, 2.05) is 19.1 Å². The molecule has 0 atom stereocenters. The van der Waals surface area contributed by atoms with E-state index in [9.17, 15) is 13.2 Å². The molecular formula is C22H29N3O4S. The highest BCUT2D eigenvalue weighted by Crippen LogP contribution is 2.28. The van der Waals surface area contributed by atoms with Gasteiger partial charge in [-0.15, -0.1) is 0 Å². The van der Waals surface area contributed by atoms with Gasteiger partial charge in [-0.2, -0.15) is 4.31 Å². The Hall–Kier alpha value is -2.42. The van der Waals surface area contributed by atoms with Crippen LogP contribution >= 0.6 is 0 Å². The van der Waals surface area contributed by atoms with Crippen LogP contribution in [0, 0.1) is 12.8 Å². The van der Waals surface area contributed by atoms with Crippen molar-refractivity contribution in [3.63, 3.8) is 0 Å². The molecule has 1 amide bonds. The van der Waals surface area contributed by atoms with Crippen molar-refractivity contribution in [2.45, 2.75) is 25.7 Å². The van der Waals surface area contributed by atoms with Crippen LogP contribution in [0.3, 0.4) is 0 Å². The molecule has 162 valence electrons. The molecule has 30 heavy (non-hydrogen) atoms. The van der Waals surface area contributed by atoms with Crippen LogP contribution in [-0.2, 0) is 14.8 Å². The number of nitrogens with zero attached hydrogens (tertiary/aromatic N) is 1. The van der Waals surface area contributed by atoms with Crippen LogP contribution in [0.15, 0.2) is 47.4 Å². The number of carbonyl (C=O) groups excluding carboxylic acids is 1. The lowest BCUT2D eigenvalue weighted by atomic mass is 10.1. The Morgan fingerprint density at radius 1 is 1.10 bits per heavy atom. The van der Waals surface area contributed by atoms with Gasteiger partial charge in [0.05, 0.1) is 29.5 Å². The maximum atomic E-state index is 13.1. The molecular weight excluding hydrogens is 402 g/mol. The smallest absolute Gasteiger partial charge is 0.255 e. The van der Waals surface area contributed by atoms with Crippen LogP contribution in [0.5, 0.6) is 0 Å². The lowest BCUT2D eigenvalue weighted by molar-refractivity contribution is 0.0730. The predicted octanol–water partition coefficient (Wildman–Crippen LogP) is 3.34. The molecule has 0 saturated carbocycles. The van der Waals surface area contributed by atoms with Crippen molar-refractivity contribution in [2.75, 3.05) is 43.5 Å². The quantitative estimate of drug-likeness (QED) is 0.702. The van der Waals surface area contributed by atoms with E-state index >= 15 is 0 Å². The topological polar surface area (TPSA) is 87.7 Å². The molecule has 2 aromatic rings. The van der Waals surface area contributed by atoms with Gasteiger partial charge < -0.3 is 15.4 Å². The largest absolute Gasteiger partial charge is 0.383 e. The third kappa shape index (κ3) is 5.38. The number of morpholine rings is 1. The molecule has 3 rings (SSSR count). The van der Waals surface area contributed by atoms with Gasteiger partial charge in [-0.3, -0.25) is 4.79 Å². The molecule has 1 saturated heterocycles. The summed E-state index contributed by atoms with van der Waals surface area (Å²) in [6, 6.07) is 12.1. The number of amides is 1. The van der Waals surface area contributed by atoms with Gasteiger partial charge in [0.2, 0.25) is 10.0 Å². The monoisotopic (exact) mass is 431 g/mol. The molecule has 0 radical (unpaired) electrons. The van der Waals surface area contributed by atoms with Gasteiger partial charge in [0, 0.05) is 25.2 Å². The van der Waals surface area contributed by atoms with Crippen molar-refractivity contribution in [1.82, 2.24) is 4.31 Å². The number of sulfonamides is 1. The highest BCUT2D eigenvalue weighted by molar-refractivity contribution is 7.89. The summed E-state index contributed by atoms with van der Waals surface area (Å²) in [7, 11) is -3.67. The summed E-state index contributed by atoms with van der Waals surface area (Å²) in [5, 5.41) is 6.18. The Labute approximate surface area is 178 Å². The lowest BCUT2D eigenvalue weighted by Gasteiger charge is -2.26. The van der Waals surface area contributed by atoms with Crippen molar-refractivity contribution >= 4 is 27.3 Å². The zero-order valence-electron chi connectivity index (χ0n) is 17.6. The highest BCUT2D eigenvalue weighted by Gasteiger charge is 2.27. The molecule has 1 aliphatic heterocycles. The Bertz CT molecular complexity index is 999. The summed E-state index contributed by atoms with van der Waals surface area (Å²) >= 11 is 0. The number of anilines is 2. The number of ether oxygens (including phenoxy) is 1. The minimum atomic E-state index is -3.67. The van der Waals surface area contributed by atoms with E-state index in [0.29, 0.717) is 55.7 Å². The fourth-order valence-electron chi connectivity index (χ4n) is 3.17. The number of hydrogen-bond acceptors (Lipinski definition) is 5. The Morgan fingerprint density at radius 3 is 2.50 bits per heavy atom. The number of rotatable bonds is 7. The second-order valence-electron chi connectivity index (χ2n) is 7.82. The first-order valence-electron chi connectivity index (χ1n) is 10.1. The normalized spacial score (nSPS) is 15.2. The number of nitrogens with one attached hydrogen (secondary N) is 2. The zero-order chi connectivity index (χ0) is 21.7. The summed E-state index contributed by atoms with van der Waals surface area (Å²) in [5.74, 6) is 0.106. The maximum absolute atomic E-state index is 13.1. The first-order chi connectivity index (χ1) is 14.3. The van der Waals surface area contributed by atoms with Gasteiger partial charge in [0.15, 0.2) is 0 Å². The molecule has 1 aliphatic rings. The van der Waals surface area contributed by atoms with Gasteiger partial charge in [-0.05, 0) is 43.2 Å². The average Bonchev–Trinajstić information content (AvgIpc) is 2.73. The summed E-state index contributed by atoms with van der Waals surface area (Å²) in [6.07, 6.45) is 0. The fraction of sp³-hybridized carbons (Fsp3) is 0.409. The molecule has 1 heterocycles. The summed E-state index contributed by atoms with van der Waals surface area (Å²) in [6.45, 7) is 8.17. The Kier molecular flexibility index (Phi) is 7.12. The van der Waals surface area contributed by atoms with E-state index in [1.165, 1.54) is 10.4 Å². The van der Waals surface area contributed by atoms with Crippen molar-refractivity contribution in [3.8, 4) is 0 Å². The molecule has 0 aromatic heterocycles. The van der Waals surface area contributed by atoms with E-state index in [-0.39, 0.29) is 10.8 Å². The molecule has 2 N–H and O–H groups in total. The number of benzene rings is 2. The molecule has 1 fully saturated rings. The molecule has 8 heteroatoms. The van der Waals surface area contributed by atoms with Crippen LogP contribution in [0.4, 0.5) is 11.4 Å². The molecule has 0 aliphatic carbocycles. The summed E-state index contributed by atoms with van der Waals surface area (Å²) in [4.78, 5) is 13.0. The van der Waals surface area contributed by atoms with Crippen LogP contribution in [0.2, 0.25) is 0 Å². The number of hydrogen-bond donors (Lipinski definition) is 2. The van der Waals surface area contributed by atoms with E-state index in [0.717, 1.165) is 5.56 Å². The van der Waals surface area contributed by atoms with Gasteiger partial charge in [0.1, 0.15) is 0 Å². The third-order valence-electron chi connectivity index (χ3n) is 4.83. The Balaban J connectivity index is 1.92. The molecule has 2 aromatic carbocycles. The van der Waals surface area contributed by atoms with Crippen molar-refractivity contribution in [3.05, 3.63) is 53.6 Å². The van der Waals surface area contributed by atoms with Gasteiger partial charge in [0.25, 0.3) is 5.91 Å². The van der Waals surface area contributed by atoms with Crippen LogP contribution < -0.4 is 10.6 Å². The summed E-state index contributed by atoms with van der Waals surface area (Å²) < 4.78 is 32.8. The Morgan fingerprint density at radius 2 is 1.83 bits per heavy atom. The first-order valence-corrected chi connectivity index (χ1v) is 11.5. The zero-order valence-corrected chi connectivity index (χ0v) is 18.5. The van der Waals surface area contributed by atoms with Crippen molar-refractivity contribution in [1.29, 1.82) is 0 Å². The van der Waals surface area contributed by atoms with E-state index in [1.54, 1.807) is 24.3 Å². The van der Waals surface area contributed by atoms with Gasteiger partial charge in [-0.25, -0.2) is 8.42 Å². The lowest BCUT2D eigenvalue weighted by Crippen LogP contribution is -2.40. The second-order valence-corrected chi connectivity index (χ2v) is 9.76. The average molecular weight is 432 g/mol. The van der Waals surface area contributed by atoms with Crippen molar-refractivity contribution in [2.24, 2.45) is 5.92 Å². The molecule has 0 bridgehead atoms. The van der Waals surface area contributed by atoms with Gasteiger partial charge in [-0.1, -0.05) is 31.5 Å². The third-order valence-corrected chi connectivity index (χ3v) is 6.72. The molecule has 7 nitrogen and oxygen atoms in total. The van der Waals surface area contributed by atoms with Crippen LogP contribution in [0.25, 0.3) is 0 Å². The molecule has 0 spiro atoms. The fourth-order valence-corrected chi connectivity index (χ4v) is 4.61. The van der Waals surface area contributed by atoms with E-state index in [2.05, 4.69) is 24.5 Å². The first kappa shape index (κ1) is 22.3. The highest BCUT2D eigenvalue weighted by atomic mass is 32.2. The van der Waals surface area contributed by atoms with Crippen LogP contribution in [-0.4, -0.2) is 51.5 Å². The minimum absolute atomic E-state index is 0.152. The minimum Gasteiger partial charge on any atom is -0.383 e. The summed E-state index contributed by atoms with van der Waals surface area (Å²) in [5.41, 5.74) is 2.62. The SMILES string of the molecule is Cc1cccc(C(=O)Nc2cc(S(=O)(=O)N3CCOCC3)ccc2NCC(C)C)c1.